The van der Waals surface area contributed by atoms with Crippen LogP contribution in [0.25, 0.3) is 0 Å². The summed E-state index contributed by atoms with van der Waals surface area (Å²) >= 11 is -3.76. The van der Waals surface area contributed by atoms with E-state index < -0.39 is 27.4 Å². The number of hydrogen-bond acceptors (Lipinski definition) is 7. The fourth-order valence-corrected chi connectivity index (χ4v) is 2.74. The molecule has 0 fully saturated rings. The third-order valence-corrected chi connectivity index (χ3v) is 4.01. The van der Waals surface area contributed by atoms with Crippen LogP contribution in [0.15, 0.2) is 59.6 Å². The Kier molecular flexibility index (Phi) is 7.68. The zero-order chi connectivity index (χ0) is 20.0. The minimum Gasteiger partial charge on any atom is -0.396 e. The molecule has 3 rings (SSSR count). The first-order valence-corrected chi connectivity index (χ1v) is 10.9. The number of fused-ring (bicyclic) bond motifs is 1. The summed E-state index contributed by atoms with van der Waals surface area (Å²) in [6.07, 6.45) is -0.502. The number of halogens is 1. The molecule has 0 saturated heterocycles. The molecule has 0 aromatic heterocycles. The summed E-state index contributed by atoms with van der Waals surface area (Å²) in [6.45, 7) is 2.47. The fourth-order valence-electron chi connectivity index (χ4n) is 2.74. The van der Waals surface area contributed by atoms with Gasteiger partial charge < -0.3 is 11.8 Å². The SMILES string of the molecule is CCN(C(=O)c1ccccc1)C1=NC(N)N(C)c2ccccc21.[O-][I+2]([O-])O. The van der Waals surface area contributed by atoms with Crippen LogP contribution in [0.2, 0.25) is 0 Å². The Balaban J connectivity index is 0.000000596. The molecule has 3 N–H and O–H groups in total. The van der Waals surface area contributed by atoms with Gasteiger partial charge in [0.15, 0.2) is 6.29 Å². The number of amidine groups is 1. The van der Waals surface area contributed by atoms with Crippen molar-refractivity contribution in [2.75, 3.05) is 18.5 Å². The molecule has 0 radical (unpaired) electrons. The summed E-state index contributed by atoms with van der Waals surface area (Å²) in [5, 5.41) is 0. The number of rotatable bonds is 2. The highest BCUT2D eigenvalue weighted by Crippen LogP contribution is 2.27. The number of para-hydroxylation sites is 1. The van der Waals surface area contributed by atoms with Crippen LogP contribution in [-0.2, 0) is 0 Å². The number of carbonyl (C=O) groups is 1. The second kappa shape index (κ2) is 9.76. The van der Waals surface area contributed by atoms with Gasteiger partial charge in [0.25, 0.3) is 5.91 Å². The monoisotopic (exact) mass is 484 g/mol. The molecule has 0 aliphatic carbocycles. The maximum atomic E-state index is 12.9. The van der Waals surface area contributed by atoms with Crippen LogP contribution in [0.4, 0.5) is 5.69 Å². The van der Waals surface area contributed by atoms with Crippen molar-refractivity contribution >= 4 is 17.4 Å². The van der Waals surface area contributed by atoms with E-state index in [2.05, 4.69) is 4.99 Å². The second-order valence-corrected chi connectivity index (χ2v) is 6.76. The minimum atomic E-state index is -3.76. The van der Waals surface area contributed by atoms with Gasteiger partial charge in [0.05, 0.1) is 5.69 Å². The van der Waals surface area contributed by atoms with E-state index in [4.69, 9.17) is 16.0 Å². The van der Waals surface area contributed by atoms with Crippen LogP contribution >= 0.6 is 0 Å². The lowest BCUT2D eigenvalue weighted by Crippen LogP contribution is -3.98. The van der Waals surface area contributed by atoms with Crippen LogP contribution in [0.5, 0.6) is 0 Å². The van der Waals surface area contributed by atoms with Gasteiger partial charge in [0.2, 0.25) is 0 Å². The molecule has 2 aromatic rings. The van der Waals surface area contributed by atoms with Crippen molar-refractivity contribution < 1.29 is 36.2 Å². The molecule has 1 aliphatic rings. The Hall–Kier alpha value is -2.05. The largest absolute Gasteiger partial charge is 0.503 e. The lowest BCUT2D eigenvalue weighted by Gasteiger charge is -2.35. The maximum Gasteiger partial charge on any atom is 0.503 e. The smallest absolute Gasteiger partial charge is 0.396 e. The van der Waals surface area contributed by atoms with E-state index in [1.807, 2.05) is 73.5 Å². The molecular weight excluding hydrogens is 463 g/mol. The van der Waals surface area contributed by atoms with Crippen LogP contribution in [0.1, 0.15) is 22.8 Å². The van der Waals surface area contributed by atoms with Gasteiger partial charge in [0.1, 0.15) is 5.84 Å². The first-order chi connectivity index (χ1) is 12.9. The van der Waals surface area contributed by atoms with Gasteiger partial charge >= 0.3 is 21.1 Å². The van der Waals surface area contributed by atoms with Crippen molar-refractivity contribution in [3.8, 4) is 0 Å². The summed E-state index contributed by atoms with van der Waals surface area (Å²) in [7, 11) is 1.90. The molecule has 1 heterocycles. The predicted molar refractivity (Wildman–Crippen MR) is 94.7 cm³/mol. The Bertz CT molecular complexity index is 798. The van der Waals surface area contributed by atoms with Gasteiger partial charge in [-0.3, -0.25) is 15.4 Å². The Morgan fingerprint density at radius 3 is 2.37 bits per heavy atom. The third kappa shape index (κ3) is 5.23. The Labute approximate surface area is 166 Å². The first-order valence-electron chi connectivity index (χ1n) is 8.13. The molecule has 1 amide bonds. The van der Waals surface area contributed by atoms with E-state index in [9.17, 15) is 4.79 Å². The zero-order valence-electron chi connectivity index (χ0n) is 14.9. The van der Waals surface area contributed by atoms with Crippen molar-refractivity contribution in [2.45, 2.75) is 13.2 Å². The Morgan fingerprint density at radius 1 is 1.22 bits per heavy atom. The summed E-state index contributed by atoms with van der Waals surface area (Å²) in [5.74, 6) is 0.556. The van der Waals surface area contributed by atoms with Crippen molar-refractivity contribution in [1.82, 2.24) is 4.90 Å². The summed E-state index contributed by atoms with van der Waals surface area (Å²) in [4.78, 5) is 21.0. The average molecular weight is 484 g/mol. The number of amides is 1. The molecule has 0 saturated carbocycles. The summed E-state index contributed by atoms with van der Waals surface area (Å²) in [6, 6.07) is 17.1. The quantitative estimate of drug-likeness (QED) is 0.424. The van der Waals surface area contributed by atoms with Crippen molar-refractivity contribution in [3.05, 3.63) is 65.7 Å². The van der Waals surface area contributed by atoms with Gasteiger partial charge in [-0.25, -0.2) is 4.99 Å². The van der Waals surface area contributed by atoms with Gasteiger partial charge in [-0.2, -0.15) is 0 Å². The first kappa shape index (κ1) is 21.3. The van der Waals surface area contributed by atoms with Gasteiger partial charge in [-0.1, -0.05) is 30.3 Å². The number of nitrogens with two attached hydrogens (primary N) is 1. The number of hydrogen-bond donors (Lipinski definition) is 2. The van der Waals surface area contributed by atoms with Crippen LogP contribution in [-0.4, -0.2) is 40.0 Å². The van der Waals surface area contributed by atoms with Crippen LogP contribution < -0.4 is 38.6 Å². The molecule has 27 heavy (non-hydrogen) atoms. The van der Waals surface area contributed by atoms with Gasteiger partial charge in [-0.05, 0) is 34.6 Å². The molecule has 8 nitrogen and oxygen atoms in total. The second-order valence-electron chi connectivity index (χ2n) is 5.61. The van der Waals surface area contributed by atoms with Gasteiger partial charge in [0, 0.05) is 24.7 Å². The topological polar surface area (TPSA) is 128 Å². The third-order valence-electron chi connectivity index (χ3n) is 4.01. The summed E-state index contributed by atoms with van der Waals surface area (Å²) in [5.41, 5.74) is 8.65. The fraction of sp³-hybridized carbons (Fsp3) is 0.222. The Morgan fingerprint density at radius 2 is 1.78 bits per heavy atom. The van der Waals surface area contributed by atoms with E-state index in [1.165, 1.54) is 0 Å². The highest BCUT2D eigenvalue weighted by atomic mass is 127. The average Bonchev–Trinajstić information content (AvgIpc) is 2.66. The molecule has 1 atom stereocenters. The number of aliphatic imine (C=N–C) groups is 1. The molecule has 1 aliphatic heterocycles. The molecule has 2 aromatic carbocycles. The van der Waals surface area contributed by atoms with E-state index in [-0.39, 0.29) is 5.91 Å². The molecule has 1 unspecified atom stereocenters. The van der Waals surface area contributed by atoms with E-state index in [0.29, 0.717) is 17.9 Å². The normalized spacial score (nSPS) is 15.4. The zero-order valence-corrected chi connectivity index (χ0v) is 17.1. The highest BCUT2D eigenvalue weighted by Gasteiger charge is 2.28. The molecule has 0 bridgehead atoms. The van der Waals surface area contributed by atoms with Crippen molar-refractivity contribution in [1.29, 1.82) is 0 Å². The number of carbonyl (C=O) groups excluding carboxylic acids is 1. The van der Waals surface area contributed by atoms with Crippen molar-refractivity contribution in [2.24, 2.45) is 10.7 Å². The summed E-state index contributed by atoms with van der Waals surface area (Å²) < 4.78 is 24.5. The molecular formula is C18H21IN4O4. The van der Waals surface area contributed by atoms with Crippen molar-refractivity contribution in [3.63, 3.8) is 0 Å². The maximum absolute atomic E-state index is 12.9. The minimum absolute atomic E-state index is 0.0709. The number of benzene rings is 2. The number of nitrogens with zero attached hydrogens (tertiary/aromatic N) is 3. The van der Waals surface area contributed by atoms with E-state index in [1.54, 1.807) is 4.90 Å². The predicted octanol–water partition coefficient (Wildman–Crippen LogP) is -3.64. The van der Waals surface area contributed by atoms with E-state index in [0.717, 1.165) is 11.3 Å². The molecule has 9 heteroatoms. The van der Waals surface area contributed by atoms with E-state index >= 15 is 0 Å². The lowest BCUT2D eigenvalue weighted by atomic mass is 10.1. The van der Waals surface area contributed by atoms with Crippen LogP contribution in [0, 0.1) is 0 Å². The number of anilines is 1. The standard InChI is InChI=1S/C18H20N4O.HIO3/c1-3-22(17(23)13-9-5-4-6-10-13)16-14-11-7-8-12-15(14)21(2)18(19)20-16;2-1(3)4/h4-12,18H,3,19H2,1-2H3;2H. The highest BCUT2D eigenvalue weighted by molar-refractivity contribution is 6.15. The van der Waals surface area contributed by atoms with Crippen LogP contribution in [0.3, 0.4) is 0 Å². The molecule has 0 spiro atoms. The van der Waals surface area contributed by atoms with Gasteiger partial charge in [-0.15, -0.1) is 0 Å². The molecule has 144 valence electrons. The lowest BCUT2D eigenvalue weighted by molar-refractivity contribution is -1.63.